The van der Waals surface area contributed by atoms with Crippen molar-refractivity contribution >= 4 is 28.7 Å². The predicted molar refractivity (Wildman–Crippen MR) is 148 cm³/mol. The maximum absolute atomic E-state index is 12.0. The molecule has 2 aromatic heterocycles. The van der Waals surface area contributed by atoms with Crippen LogP contribution in [0.3, 0.4) is 0 Å². The molecule has 0 spiro atoms. The number of hydrogen-bond donors (Lipinski definition) is 1. The second-order valence-electron chi connectivity index (χ2n) is 9.11. The molecule has 188 valence electrons. The molecular formula is C28H27N5O3S. The first kappa shape index (κ1) is 24.5. The number of nitrogens with one attached hydrogen (secondary N) is 1. The fourth-order valence-corrected chi connectivity index (χ4v) is 5.50. The molecule has 0 radical (unpaired) electrons. The maximum Gasteiger partial charge on any atom is 0.296 e. The van der Waals surface area contributed by atoms with E-state index in [0.717, 1.165) is 33.9 Å². The van der Waals surface area contributed by atoms with Crippen LogP contribution in [0.4, 0.5) is 11.4 Å². The average molecular weight is 514 g/mol. The van der Waals surface area contributed by atoms with E-state index in [0.29, 0.717) is 16.5 Å². The van der Waals surface area contributed by atoms with E-state index in [9.17, 15) is 10.1 Å². The van der Waals surface area contributed by atoms with Crippen LogP contribution < -0.4 is 15.0 Å². The Morgan fingerprint density at radius 1 is 1.05 bits per heavy atom. The lowest BCUT2D eigenvalue weighted by Crippen LogP contribution is -2.29. The third-order valence-corrected chi connectivity index (χ3v) is 7.10. The van der Waals surface area contributed by atoms with Crippen molar-refractivity contribution in [2.45, 2.75) is 32.9 Å². The summed E-state index contributed by atoms with van der Waals surface area (Å²) in [5, 5.41) is 16.1. The highest BCUT2D eigenvalue weighted by atomic mass is 32.1. The van der Waals surface area contributed by atoms with Crippen LogP contribution in [0.5, 0.6) is 5.75 Å². The molecule has 1 aliphatic heterocycles. The molecule has 0 unspecified atom stereocenters. The van der Waals surface area contributed by atoms with Crippen molar-refractivity contribution in [2.24, 2.45) is 0 Å². The summed E-state index contributed by atoms with van der Waals surface area (Å²) in [6.45, 7) is 6.00. The smallest absolute Gasteiger partial charge is 0.296 e. The second kappa shape index (κ2) is 9.67. The molecule has 0 saturated carbocycles. The lowest BCUT2D eigenvalue weighted by Gasteiger charge is -2.28. The van der Waals surface area contributed by atoms with Crippen LogP contribution in [0.1, 0.15) is 40.3 Å². The van der Waals surface area contributed by atoms with Gasteiger partial charge >= 0.3 is 0 Å². The van der Waals surface area contributed by atoms with Crippen molar-refractivity contribution in [1.29, 1.82) is 0 Å². The molecule has 2 atom stereocenters. The van der Waals surface area contributed by atoms with Crippen LogP contribution in [-0.2, 0) is 0 Å². The Bertz CT molecular complexity index is 1500. The molecule has 9 heteroatoms. The summed E-state index contributed by atoms with van der Waals surface area (Å²) in [4.78, 5) is 18.4. The van der Waals surface area contributed by atoms with Crippen LogP contribution in [0.15, 0.2) is 72.9 Å². The van der Waals surface area contributed by atoms with E-state index in [1.807, 2.05) is 48.7 Å². The highest BCUT2D eigenvalue weighted by molar-refractivity contribution is 7.80. The van der Waals surface area contributed by atoms with E-state index in [-0.39, 0.29) is 22.7 Å². The van der Waals surface area contributed by atoms with E-state index < -0.39 is 0 Å². The molecule has 2 aromatic carbocycles. The molecule has 0 aliphatic carbocycles. The van der Waals surface area contributed by atoms with Gasteiger partial charge in [-0.2, -0.15) is 0 Å². The number of nitro benzene ring substituents is 1. The van der Waals surface area contributed by atoms with Crippen LogP contribution in [0.2, 0.25) is 0 Å². The van der Waals surface area contributed by atoms with Crippen LogP contribution in [-0.4, -0.2) is 26.7 Å². The molecule has 1 N–H and O–H groups in total. The normalized spacial score (nSPS) is 17.1. The van der Waals surface area contributed by atoms with E-state index in [1.165, 1.54) is 13.2 Å². The minimum atomic E-state index is -0.377. The van der Waals surface area contributed by atoms with E-state index >= 15 is 0 Å². The van der Waals surface area contributed by atoms with Crippen LogP contribution >= 0.6 is 12.2 Å². The topological polar surface area (TPSA) is 85.5 Å². The molecule has 4 aromatic rings. The lowest BCUT2D eigenvalue weighted by molar-refractivity contribution is -0.384. The van der Waals surface area contributed by atoms with Crippen molar-refractivity contribution < 1.29 is 9.66 Å². The van der Waals surface area contributed by atoms with Gasteiger partial charge in [-0.3, -0.25) is 15.1 Å². The number of pyridine rings is 1. The van der Waals surface area contributed by atoms with Crippen molar-refractivity contribution in [3.63, 3.8) is 0 Å². The molecule has 8 nitrogen and oxygen atoms in total. The standard InChI is InChI=1S/C28H27N5O3S/c1-17-8-7-9-20(14-17)32-27(26(30-28(32)37)23-10-5-6-13-29-23)22-15-18(2)31(19(22)3)24-12-11-21(36-4)16-25(24)33(34)35/h5-16,26-27H,1-4H3,(H,30,37)/t26-,27-/m1/s1. The van der Waals surface area contributed by atoms with Gasteiger partial charge < -0.3 is 19.5 Å². The molecule has 0 bridgehead atoms. The van der Waals surface area contributed by atoms with Crippen LogP contribution in [0, 0.1) is 30.9 Å². The summed E-state index contributed by atoms with van der Waals surface area (Å²) in [6.07, 6.45) is 1.77. The number of methoxy groups -OCH3 is 1. The molecule has 1 saturated heterocycles. The molecule has 0 amide bonds. The fourth-order valence-electron chi connectivity index (χ4n) is 5.15. The highest BCUT2D eigenvalue weighted by Crippen LogP contribution is 2.44. The predicted octanol–water partition coefficient (Wildman–Crippen LogP) is 5.89. The highest BCUT2D eigenvalue weighted by Gasteiger charge is 2.42. The Morgan fingerprint density at radius 2 is 1.86 bits per heavy atom. The van der Waals surface area contributed by atoms with Gasteiger partial charge in [0.1, 0.15) is 11.4 Å². The van der Waals surface area contributed by atoms with E-state index in [1.54, 1.807) is 18.3 Å². The molecule has 37 heavy (non-hydrogen) atoms. The number of benzene rings is 2. The number of thiocarbonyl (C=S) groups is 1. The summed E-state index contributed by atoms with van der Waals surface area (Å²) in [6, 6.07) is 20.6. The molecule has 3 heterocycles. The minimum absolute atomic E-state index is 0.0235. The van der Waals surface area contributed by atoms with Crippen LogP contribution in [0.25, 0.3) is 5.69 Å². The molecule has 1 fully saturated rings. The number of aromatic nitrogens is 2. The summed E-state index contributed by atoms with van der Waals surface area (Å²) in [5.74, 6) is 0.435. The summed E-state index contributed by atoms with van der Waals surface area (Å²) < 4.78 is 7.17. The van der Waals surface area contributed by atoms with Crippen molar-refractivity contribution in [2.75, 3.05) is 12.0 Å². The zero-order chi connectivity index (χ0) is 26.3. The van der Waals surface area contributed by atoms with E-state index in [2.05, 4.69) is 40.3 Å². The zero-order valence-electron chi connectivity index (χ0n) is 21.0. The number of nitro groups is 1. The first-order valence-electron chi connectivity index (χ1n) is 11.9. The van der Waals surface area contributed by atoms with Gasteiger partial charge in [0.25, 0.3) is 5.69 Å². The fraction of sp³-hybridized carbons (Fsp3) is 0.214. The van der Waals surface area contributed by atoms with Gasteiger partial charge in [-0.15, -0.1) is 0 Å². The SMILES string of the molecule is COc1ccc(-n2c(C)cc([C@@H]3[C@@H](c4ccccn4)NC(=S)N3c3cccc(C)c3)c2C)c([N+](=O)[O-])c1. The largest absolute Gasteiger partial charge is 0.496 e. The van der Waals surface area contributed by atoms with Crippen molar-refractivity contribution in [1.82, 2.24) is 14.9 Å². The number of ether oxygens (including phenoxy) is 1. The molecule has 5 rings (SSSR count). The Hall–Kier alpha value is -4.24. The van der Waals surface area contributed by atoms with Crippen molar-refractivity contribution in [3.8, 4) is 11.4 Å². The second-order valence-corrected chi connectivity index (χ2v) is 9.50. The van der Waals surface area contributed by atoms with Gasteiger partial charge in [-0.25, -0.2) is 0 Å². The van der Waals surface area contributed by atoms with Crippen molar-refractivity contribution in [3.05, 3.63) is 111 Å². The van der Waals surface area contributed by atoms with E-state index in [4.69, 9.17) is 17.0 Å². The number of aryl methyl sites for hydroxylation is 2. The third kappa shape index (κ3) is 4.31. The Balaban J connectivity index is 1.71. The van der Waals surface area contributed by atoms with Gasteiger partial charge in [0.2, 0.25) is 0 Å². The van der Waals surface area contributed by atoms with Gasteiger partial charge in [0.05, 0.1) is 35.9 Å². The Labute approximate surface area is 220 Å². The Kier molecular flexibility index (Phi) is 6.39. The number of rotatable bonds is 6. The summed E-state index contributed by atoms with van der Waals surface area (Å²) >= 11 is 5.86. The quantitative estimate of drug-likeness (QED) is 0.195. The molecular weight excluding hydrogens is 486 g/mol. The zero-order valence-corrected chi connectivity index (χ0v) is 21.8. The number of anilines is 1. The van der Waals surface area contributed by atoms with Gasteiger partial charge in [0.15, 0.2) is 5.11 Å². The molecule has 1 aliphatic rings. The van der Waals surface area contributed by atoms with Gasteiger partial charge in [0, 0.05) is 23.3 Å². The first-order chi connectivity index (χ1) is 17.8. The number of nitrogens with zero attached hydrogens (tertiary/aromatic N) is 4. The third-order valence-electron chi connectivity index (χ3n) is 6.79. The first-order valence-corrected chi connectivity index (χ1v) is 12.3. The Morgan fingerprint density at radius 3 is 2.54 bits per heavy atom. The number of hydrogen-bond acceptors (Lipinski definition) is 5. The summed E-state index contributed by atoms with van der Waals surface area (Å²) in [7, 11) is 1.50. The lowest BCUT2D eigenvalue weighted by atomic mass is 9.96. The van der Waals surface area contributed by atoms with Gasteiger partial charge in [-0.05, 0) is 86.6 Å². The summed E-state index contributed by atoms with van der Waals surface area (Å²) in [5.41, 5.74) is 6.20. The maximum atomic E-state index is 12.0. The monoisotopic (exact) mass is 513 g/mol. The minimum Gasteiger partial charge on any atom is -0.496 e. The van der Waals surface area contributed by atoms with Gasteiger partial charge in [-0.1, -0.05) is 18.2 Å². The average Bonchev–Trinajstić information content (AvgIpc) is 3.39.